The summed E-state index contributed by atoms with van der Waals surface area (Å²) in [5.74, 6) is 0. The van der Waals surface area contributed by atoms with Gasteiger partial charge >= 0.3 is 0 Å². The van der Waals surface area contributed by atoms with E-state index >= 15 is 0 Å². The molecule has 0 fully saturated rings. The van der Waals surface area contributed by atoms with Crippen molar-refractivity contribution in [3.63, 3.8) is 0 Å². The molecular weight excluding hydrogens is 530 g/mol. The first kappa shape index (κ1) is 30.2. The molecule has 88 valence electrons. The van der Waals surface area contributed by atoms with E-state index in [1.54, 1.807) is 0 Å². The molecule has 2 radical (unpaired) electrons. The fraction of sp³-hybridized carbons (Fsp3) is 0. The van der Waals surface area contributed by atoms with Crippen molar-refractivity contribution >= 4 is 34.1 Å². The van der Waals surface area contributed by atoms with Gasteiger partial charge in [-0.05, 0) is 0 Å². The molecular formula is O9Pm2S3-6. The van der Waals surface area contributed by atoms with E-state index in [9.17, 15) is 0 Å². The summed E-state index contributed by atoms with van der Waals surface area (Å²) in [5, 5.41) is 0. The molecule has 0 aliphatic carbocycles. The first-order chi connectivity index (χ1) is 5.20. The van der Waals surface area contributed by atoms with Crippen LogP contribution in [-0.4, -0.2) is 39.9 Å². The fourth-order valence-corrected chi connectivity index (χ4v) is 0. The smallest absolute Gasteiger partial charge is 0 e. The molecule has 0 aromatic rings. The van der Waals surface area contributed by atoms with Crippen molar-refractivity contribution in [3.05, 3.63) is 0 Å². The standard InChI is InChI=1S/3H2O3S.2Pm/c3*1-4(2)3;;/h3*(H2,1,2,3);;/p-6. The molecule has 0 bridgehead atoms. The second-order valence-corrected chi connectivity index (χ2v) is 1.84. The second-order valence-electron chi connectivity index (χ2n) is 0.612. The molecule has 0 aliphatic heterocycles. The van der Waals surface area contributed by atoms with Gasteiger partial charge in [0, 0.05) is 80.8 Å². The average molecular weight is 530 g/mol. The zero-order chi connectivity index (χ0) is 10.7. The zero-order valence-electron chi connectivity index (χ0n) is 5.79. The van der Waals surface area contributed by atoms with Crippen LogP contribution in [0.4, 0.5) is 0 Å². The third kappa shape index (κ3) is 345. The fourth-order valence-electron chi connectivity index (χ4n) is 0. The Morgan fingerprint density at radius 3 is 0.500 bits per heavy atom. The molecule has 0 amide bonds. The van der Waals surface area contributed by atoms with Crippen molar-refractivity contribution in [2.75, 3.05) is 0 Å². The number of hydrogen-bond donors (Lipinski definition) is 0. The maximum absolute atomic E-state index is 8.44. The van der Waals surface area contributed by atoms with Crippen LogP contribution in [0.5, 0.6) is 0 Å². The third-order valence-corrected chi connectivity index (χ3v) is 0. The largest absolute Gasteiger partial charge is 0.784 e. The minimum atomic E-state index is -3.11. The van der Waals surface area contributed by atoms with E-state index < -0.39 is 34.1 Å². The van der Waals surface area contributed by atoms with Crippen LogP contribution in [0.25, 0.3) is 0 Å². The van der Waals surface area contributed by atoms with Crippen LogP contribution in [0.2, 0.25) is 0 Å². The van der Waals surface area contributed by atoms with Crippen LogP contribution in [0.3, 0.4) is 0 Å². The molecule has 0 unspecified atom stereocenters. The Hall–Kier alpha value is 2.89. The Morgan fingerprint density at radius 2 is 0.500 bits per heavy atom. The first-order valence-corrected chi connectivity index (χ1v) is 4.50. The molecule has 0 rings (SSSR count). The Balaban J connectivity index is -0.0000000270. The zero-order valence-corrected chi connectivity index (χ0v) is 14.0. The van der Waals surface area contributed by atoms with Crippen LogP contribution in [0.15, 0.2) is 0 Å². The summed E-state index contributed by atoms with van der Waals surface area (Å²) in [5.41, 5.74) is 0. The predicted molar refractivity (Wildman–Crippen MR) is 29.1 cm³/mol. The molecule has 0 heterocycles. The molecule has 0 saturated carbocycles. The molecule has 0 aromatic carbocycles. The van der Waals surface area contributed by atoms with Crippen molar-refractivity contribution < 1.29 is 121 Å². The van der Waals surface area contributed by atoms with E-state index in [1.165, 1.54) is 0 Å². The first-order valence-electron chi connectivity index (χ1n) is 1.50. The molecule has 0 saturated heterocycles. The van der Waals surface area contributed by atoms with E-state index in [-0.39, 0.29) is 80.8 Å². The van der Waals surface area contributed by atoms with Gasteiger partial charge in [0.2, 0.25) is 0 Å². The topological polar surface area (TPSA) is 190 Å². The van der Waals surface area contributed by atoms with Gasteiger partial charge in [-0.1, -0.05) is 0 Å². The minimum Gasteiger partial charge on any atom is -0.784 e. The SMILES string of the molecule is O=S([O-])[O-].O=S([O-])[O-].O=S([O-])[O-].[Pm].[Pm]. The van der Waals surface area contributed by atoms with Crippen LogP contribution in [0.1, 0.15) is 0 Å². The van der Waals surface area contributed by atoms with Gasteiger partial charge in [0.15, 0.2) is 0 Å². The van der Waals surface area contributed by atoms with E-state index in [1.807, 2.05) is 0 Å². The summed E-state index contributed by atoms with van der Waals surface area (Å²) in [4.78, 5) is 0. The Labute approximate surface area is 152 Å². The number of hydrogen-bond acceptors (Lipinski definition) is 9. The van der Waals surface area contributed by atoms with Crippen LogP contribution in [0, 0.1) is 80.8 Å². The van der Waals surface area contributed by atoms with E-state index in [2.05, 4.69) is 0 Å². The van der Waals surface area contributed by atoms with Crippen molar-refractivity contribution in [3.8, 4) is 0 Å². The van der Waals surface area contributed by atoms with Gasteiger partial charge in [0.1, 0.15) is 0 Å². The predicted octanol–water partition coefficient (Wildman–Crippen LogP) is -3.01. The van der Waals surface area contributed by atoms with Crippen molar-refractivity contribution in [2.24, 2.45) is 0 Å². The van der Waals surface area contributed by atoms with E-state index in [4.69, 9.17) is 39.9 Å². The molecule has 0 aliphatic rings. The maximum atomic E-state index is 8.44. The Kier molecular flexibility index (Phi) is 53.7. The second kappa shape index (κ2) is 24.9. The van der Waals surface area contributed by atoms with Gasteiger partial charge in [0.25, 0.3) is 0 Å². The summed E-state index contributed by atoms with van der Waals surface area (Å²) in [6, 6.07) is 0. The molecule has 0 atom stereocenters. The van der Waals surface area contributed by atoms with Crippen LogP contribution >= 0.6 is 0 Å². The van der Waals surface area contributed by atoms with E-state index in [0.29, 0.717) is 0 Å². The van der Waals surface area contributed by atoms with Gasteiger partial charge in [-0.2, -0.15) is 0 Å². The van der Waals surface area contributed by atoms with Crippen LogP contribution < -0.4 is 0 Å². The van der Waals surface area contributed by atoms with Gasteiger partial charge in [-0.25, -0.2) is 0 Å². The van der Waals surface area contributed by atoms with Gasteiger partial charge in [0.05, 0.1) is 0 Å². The summed E-state index contributed by atoms with van der Waals surface area (Å²) in [6.45, 7) is 0. The summed E-state index contributed by atoms with van der Waals surface area (Å²) in [6.07, 6.45) is 0. The Bertz CT molecular complexity index is 116. The molecule has 14 heteroatoms. The monoisotopic (exact) mass is 530 g/mol. The quantitative estimate of drug-likeness (QED) is 0.294. The maximum Gasteiger partial charge on any atom is 0 e. The summed E-state index contributed by atoms with van der Waals surface area (Å²) >= 11 is -9.33. The van der Waals surface area contributed by atoms with Gasteiger partial charge < -0.3 is 27.3 Å². The van der Waals surface area contributed by atoms with Crippen molar-refractivity contribution in [2.45, 2.75) is 0 Å². The molecule has 9 nitrogen and oxygen atoms in total. The number of rotatable bonds is 0. The summed E-state index contributed by atoms with van der Waals surface area (Å²) in [7, 11) is 0. The van der Waals surface area contributed by atoms with E-state index in [0.717, 1.165) is 0 Å². The minimum absolute atomic E-state index is 0. The Morgan fingerprint density at radius 1 is 0.500 bits per heavy atom. The van der Waals surface area contributed by atoms with Gasteiger partial charge in [-0.15, -0.1) is 34.1 Å². The van der Waals surface area contributed by atoms with Crippen molar-refractivity contribution in [1.82, 2.24) is 0 Å². The third-order valence-electron chi connectivity index (χ3n) is 0. The molecule has 0 aromatic heterocycles. The van der Waals surface area contributed by atoms with Crippen molar-refractivity contribution in [1.29, 1.82) is 0 Å². The average Bonchev–Trinajstić information content (AvgIpc) is 1.54. The normalized spacial score (nSPS) is 7.50. The summed E-state index contributed by atoms with van der Waals surface area (Å²) < 4.78 is 76.0. The van der Waals surface area contributed by atoms with Gasteiger partial charge in [-0.3, -0.25) is 12.6 Å². The molecule has 14 heavy (non-hydrogen) atoms. The van der Waals surface area contributed by atoms with Crippen LogP contribution in [-0.2, 0) is 34.1 Å². The molecule has 0 spiro atoms. The molecule has 0 N–H and O–H groups in total.